The summed E-state index contributed by atoms with van der Waals surface area (Å²) in [6.45, 7) is -0.149. The van der Waals surface area contributed by atoms with Gasteiger partial charge in [-0.25, -0.2) is 0 Å². The van der Waals surface area contributed by atoms with Crippen LogP contribution < -0.4 is 0 Å². The topological polar surface area (TPSA) is 102 Å². The molecule has 8 heteroatoms. The Labute approximate surface area is 133 Å². The predicted molar refractivity (Wildman–Crippen MR) is 82.5 cm³/mol. The fraction of sp³-hybridized carbons (Fsp3) is 0.333. The lowest BCUT2D eigenvalue weighted by Gasteiger charge is -2.28. The number of aromatic nitrogens is 2. The van der Waals surface area contributed by atoms with Gasteiger partial charge in [0.25, 0.3) is 0 Å². The van der Waals surface area contributed by atoms with Crippen LogP contribution in [0.4, 0.5) is 5.82 Å². The van der Waals surface area contributed by atoms with Crippen LogP contribution >= 0.6 is 0 Å². The molecule has 0 aliphatic heterocycles. The Hall–Kier alpha value is -2.74. The number of carbonyl (C=O) groups excluding carboxylic acids is 1. The average Bonchev–Trinajstić information content (AvgIpc) is 3.01. The highest BCUT2D eigenvalue weighted by Crippen LogP contribution is 2.23. The molecule has 0 aliphatic rings. The van der Waals surface area contributed by atoms with Gasteiger partial charge in [-0.05, 0) is 16.9 Å². The lowest BCUT2D eigenvalue weighted by molar-refractivity contribution is -0.389. The first-order valence-corrected chi connectivity index (χ1v) is 7.12. The minimum absolute atomic E-state index is 0.0512. The summed E-state index contributed by atoms with van der Waals surface area (Å²) < 4.78 is 1.23. The fourth-order valence-electron chi connectivity index (χ4n) is 2.34. The second-order valence-electron chi connectivity index (χ2n) is 5.07. The number of benzene rings is 1. The third kappa shape index (κ3) is 4.13. The molecule has 0 radical (unpaired) electrons. The van der Waals surface area contributed by atoms with Gasteiger partial charge in [-0.1, -0.05) is 30.3 Å². The van der Waals surface area contributed by atoms with E-state index in [0.717, 1.165) is 5.56 Å². The lowest BCUT2D eigenvalue weighted by atomic mass is 10.0. The number of carbonyl (C=O) groups is 1. The number of hydrogen-bond donors (Lipinski definition) is 1. The maximum absolute atomic E-state index is 12.4. The van der Waals surface area contributed by atoms with Crippen molar-refractivity contribution in [3.8, 4) is 0 Å². The van der Waals surface area contributed by atoms with E-state index in [1.807, 2.05) is 30.3 Å². The summed E-state index contributed by atoms with van der Waals surface area (Å²) in [4.78, 5) is 23.9. The zero-order chi connectivity index (χ0) is 16.8. The third-order valence-corrected chi connectivity index (χ3v) is 3.56. The van der Waals surface area contributed by atoms with Crippen molar-refractivity contribution in [2.45, 2.75) is 19.0 Å². The summed E-state index contributed by atoms with van der Waals surface area (Å²) >= 11 is 0. The summed E-state index contributed by atoms with van der Waals surface area (Å²) in [6.07, 6.45) is 1.80. The Balaban J connectivity index is 2.10. The SMILES string of the molecule is CN(C(=O)Cn1ccc([N+](=O)[O-])n1)C(CCO)c1ccccc1. The van der Waals surface area contributed by atoms with Crippen molar-refractivity contribution >= 4 is 11.7 Å². The van der Waals surface area contributed by atoms with E-state index in [4.69, 9.17) is 0 Å². The standard InChI is InChI=1S/C15H18N4O4/c1-17(13(8-10-20)12-5-3-2-4-6-12)15(21)11-18-9-7-14(16-18)19(22)23/h2-7,9,13,20H,8,10-11H2,1H3. The normalized spacial score (nSPS) is 11.9. The van der Waals surface area contributed by atoms with Crippen molar-refractivity contribution < 1.29 is 14.8 Å². The van der Waals surface area contributed by atoms with Gasteiger partial charge < -0.3 is 20.1 Å². The molecule has 1 unspecified atom stereocenters. The molecule has 0 saturated heterocycles. The molecular formula is C15H18N4O4. The molecule has 2 rings (SSSR count). The van der Waals surface area contributed by atoms with Gasteiger partial charge in [0, 0.05) is 13.7 Å². The van der Waals surface area contributed by atoms with Crippen molar-refractivity contribution in [2.75, 3.05) is 13.7 Å². The first-order chi connectivity index (χ1) is 11.0. The van der Waals surface area contributed by atoms with Crippen LogP contribution in [0.5, 0.6) is 0 Å². The van der Waals surface area contributed by atoms with Gasteiger partial charge in [-0.15, -0.1) is 0 Å². The predicted octanol–water partition coefficient (Wildman–Crippen LogP) is 1.37. The van der Waals surface area contributed by atoms with Crippen LogP contribution in [0.3, 0.4) is 0 Å². The molecule has 122 valence electrons. The molecule has 1 amide bonds. The van der Waals surface area contributed by atoms with E-state index >= 15 is 0 Å². The summed E-state index contributed by atoms with van der Waals surface area (Å²) in [5.74, 6) is -0.541. The second kappa shape index (κ2) is 7.50. The number of rotatable bonds is 7. The number of aliphatic hydroxyl groups excluding tert-OH is 1. The smallest absolute Gasteiger partial charge is 0.389 e. The van der Waals surface area contributed by atoms with Crippen LogP contribution in [0.15, 0.2) is 42.6 Å². The summed E-state index contributed by atoms with van der Waals surface area (Å²) in [6, 6.07) is 10.4. The van der Waals surface area contributed by atoms with Gasteiger partial charge in [0.05, 0.1) is 23.4 Å². The second-order valence-corrected chi connectivity index (χ2v) is 5.07. The van der Waals surface area contributed by atoms with Gasteiger partial charge in [0.1, 0.15) is 6.54 Å². The largest absolute Gasteiger partial charge is 0.396 e. The van der Waals surface area contributed by atoms with Crippen LogP contribution in [0.1, 0.15) is 18.0 Å². The van der Waals surface area contributed by atoms with Crippen LogP contribution in [0.2, 0.25) is 0 Å². The van der Waals surface area contributed by atoms with Gasteiger partial charge in [-0.3, -0.25) is 4.79 Å². The molecule has 1 atom stereocenters. The van der Waals surface area contributed by atoms with Crippen LogP contribution in [-0.2, 0) is 11.3 Å². The monoisotopic (exact) mass is 318 g/mol. The minimum atomic E-state index is -0.608. The van der Waals surface area contributed by atoms with Crippen LogP contribution in [0.25, 0.3) is 0 Å². The maximum atomic E-state index is 12.4. The van der Waals surface area contributed by atoms with Gasteiger partial charge >= 0.3 is 5.82 Å². The number of hydrogen-bond acceptors (Lipinski definition) is 5. The van der Waals surface area contributed by atoms with Crippen molar-refractivity contribution in [3.05, 3.63) is 58.3 Å². The van der Waals surface area contributed by atoms with Gasteiger partial charge in [0.2, 0.25) is 5.91 Å². The Morgan fingerprint density at radius 3 is 2.65 bits per heavy atom. The number of amides is 1. The molecule has 0 aliphatic carbocycles. The molecule has 1 aromatic carbocycles. The first-order valence-electron chi connectivity index (χ1n) is 7.12. The quantitative estimate of drug-likeness (QED) is 0.614. The van der Waals surface area contributed by atoms with Gasteiger partial charge in [-0.2, -0.15) is 4.68 Å². The fourth-order valence-corrected chi connectivity index (χ4v) is 2.34. The van der Waals surface area contributed by atoms with Crippen LogP contribution in [0, 0.1) is 10.1 Å². The zero-order valence-corrected chi connectivity index (χ0v) is 12.7. The Morgan fingerprint density at radius 1 is 1.39 bits per heavy atom. The Kier molecular flexibility index (Phi) is 5.42. The van der Waals surface area contributed by atoms with E-state index < -0.39 is 4.92 Å². The Morgan fingerprint density at radius 2 is 2.09 bits per heavy atom. The van der Waals surface area contributed by atoms with Crippen molar-refractivity contribution in [2.24, 2.45) is 0 Å². The molecule has 1 aromatic heterocycles. The van der Waals surface area contributed by atoms with Crippen molar-refractivity contribution in [1.82, 2.24) is 14.7 Å². The number of likely N-dealkylation sites (N-methyl/N-ethyl adjacent to an activating group) is 1. The lowest BCUT2D eigenvalue weighted by Crippen LogP contribution is -2.34. The summed E-state index contributed by atoms with van der Waals surface area (Å²) in [5, 5.41) is 23.6. The highest BCUT2D eigenvalue weighted by Gasteiger charge is 2.23. The third-order valence-electron chi connectivity index (χ3n) is 3.56. The maximum Gasteiger partial charge on any atom is 0.389 e. The zero-order valence-electron chi connectivity index (χ0n) is 12.7. The molecule has 8 nitrogen and oxygen atoms in total. The summed E-state index contributed by atoms with van der Waals surface area (Å²) in [7, 11) is 1.65. The molecule has 2 aromatic rings. The highest BCUT2D eigenvalue weighted by molar-refractivity contribution is 5.76. The Bertz CT molecular complexity index is 671. The number of aliphatic hydroxyl groups is 1. The number of nitrogens with zero attached hydrogens (tertiary/aromatic N) is 4. The molecule has 0 saturated carbocycles. The molecular weight excluding hydrogens is 300 g/mol. The van der Waals surface area contributed by atoms with E-state index in [9.17, 15) is 20.0 Å². The van der Waals surface area contributed by atoms with E-state index in [-0.39, 0.29) is 30.9 Å². The van der Waals surface area contributed by atoms with Gasteiger partial charge in [0.15, 0.2) is 0 Å². The van der Waals surface area contributed by atoms with E-state index in [1.165, 1.54) is 21.8 Å². The number of nitro groups is 1. The molecule has 0 spiro atoms. The minimum Gasteiger partial charge on any atom is -0.396 e. The average molecular weight is 318 g/mol. The van der Waals surface area contributed by atoms with Crippen molar-refractivity contribution in [3.63, 3.8) is 0 Å². The van der Waals surface area contributed by atoms with Crippen molar-refractivity contribution in [1.29, 1.82) is 0 Å². The van der Waals surface area contributed by atoms with E-state index in [0.29, 0.717) is 6.42 Å². The van der Waals surface area contributed by atoms with Crippen LogP contribution in [-0.4, -0.2) is 44.3 Å². The molecule has 0 fully saturated rings. The summed E-state index contributed by atoms with van der Waals surface area (Å²) in [5.41, 5.74) is 0.920. The highest BCUT2D eigenvalue weighted by atomic mass is 16.6. The van der Waals surface area contributed by atoms with E-state index in [1.54, 1.807) is 7.05 Å². The van der Waals surface area contributed by atoms with E-state index in [2.05, 4.69) is 5.10 Å². The molecule has 23 heavy (non-hydrogen) atoms. The first kappa shape index (κ1) is 16.6. The molecule has 1 N–H and O–H groups in total. The molecule has 0 bridgehead atoms. The molecule has 1 heterocycles.